The van der Waals surface area contributed by atoms with Crippen molar-refractivity contribution >= 4 is 0 Å². The van der Waals surface area contributed by atoms with Gasteiger partial charge in [0, 0.05) is 12.3 Å². The molecule has 0 aliphatic heterocycles. The van der Waals surface area contributed by atoms with Gasteiger partial charge in [0.05, 0.1) is 18.3 Å². The van der Waals surface area contributed by atoms with E-state index in [-0.39, 0.29) is 12.1 Å². The molecule has 1 atom stereocenters. The molecule has 0 amide bonds. The van der Waals surface area contributed by atoms with E-state index in [9.17, 15) is 23.8 Å². The summed E-state index contributed by atoms with van der Waals surface area (Å²) in [5.74, 6) is -2.43. The van der Waals surface area contributed by atoms with Crippen LogP contribution in [0.15, 0.2) is 35.3 Å². The van der Waals surface area contributed by atoms with E-state index in [0.29, 0.717) is 5.69 Å². The second kappa shape index (κ2) is 5.42. The van der Waals surface area contributed by atoms with Crippen LogP contribution < -0.4 is 5.43 Å². The molecule has 1 aromatic heterocycles. The van der Waals surface area contributed by atoms with Crippen LogP contribution in [0.2, 0.25) is 0 Å². The van der Waals surface area contributed by atoms with Crippen LogP contribution in [0.5, 0.6) is 5.75 Å². The van der Waals surface area contributed by atoms with Gasteiger partial charge in [-0.25, -0.2) is 8.78 Å². The van der Waals surface area contributed by atoms with Crippen molar-refractivity contribution in [1.29, 1.82) is 0 Å². The van der Waals surface area contributed by atoms with E-state index >= 15 is 0 Å². The van der Waals surface area contributed by atoms with Gasteiger partial charge in [-0.1, -0.05) is 6.07 Å². The third-order valence-corrected chi connectivity index (χ3v) is 3.11. The third-order valence-electron chi connectivity index (χ3n) is 3.11. The summed E-state index contributed by atoms with van der Waals surface area (Å²) >= 11 is 0. The van der Waals surface area contributed by atoms with Gasteiger partial charge in [-0.05, 0) is 24.6 Å². The Labute approximate surface area is 113 Å². The highest BCUT2D eigenvalue weighted by molar-refractivity contribution is 5.26. The van der Waals surface area contributed by atoms with Crippen molar-refractivity contribution in [3.63, 3.8) is 0 Å². The van der Waals surface area contributed by atoms with Crippen LogP contribution in [0.25, 0.3) is 0 Å². The van der Waals surface area contributed by atoms with Crippen molar-refractivity contribution in [1.82, 2.24) is 4.57 Å². The van der Waals surface area contributed by atoms with Gasteiger partial charge in [-0.2, -0.15) is 0 Å². The predicted octanol–water partition coefficient (Wildman–Crippen LogP) is 1.87. The summed E-state index contributed by atoms with van der Waals surface area (Å²) in [7, 11) is 0. The van der Waals surface area contributed by atoms with E-state index in [2.05, 4.69) is 0 Å². The van der Waals surface area contributed by atoms with E-state index in [1.54, 1.807) is 0 Å². The number of nitrogens with zero attached hydrogens (tertiary/aromatic N) is 1. The number of aliphatic hydroxyl groups excluding tert-OH is 1. The predicted molar refractivity (Wildman–Crippen MR) is 68.4 cm³/mol. The van der Waals surface area contributed by atoms with Crippen LogP contribution in [0.4, 0.5) is 8.78 Å². The topological polar surface area (TPSA) is 62.5 Å². The minimum absolute atomic E-state index is 0.00471. The van der Waals surface area contributed by atoms with Crippen LogP contribution in [0, 0.1) is 18.6 Å². The van der Waals surface area contributed by atoms with E-state index < -0.39 is 28.9 Å². The molecule has 0 unspecified atom stereocenters. The lowest BCUT2D eigenvalue weighted by Crippen LogP contribution is -2.15. The second-order valence-corrected chi connectivity index (χ2v) is 4.46. The number of rotatable bonds is 3. The Morgan fingerprint density at radius 2 is 1.95 bits per heavy atom. The molecule has 0 fully saturated rings. The van der Waals surface area contributed by atoms with Crippen LogP contribution in [-0.2, 0) is 6.54 Å². The molecule has 2 N–H and O–H groups in total. The minimum atomic E-state index is -1.09. The summed E-state index contributed by atoms with van der Waals surface area (Å²) in [4.78, 5) is 11.2. The van der Waals surface area contributed by atoms with Crippen LogP contribution >= 0.6 is 0 Å². The highest BCUT2D eigenvalue weighted by Crippen LogP contribution is 2.19. The molecule has 1 heterocycles. The van der Waals surface area contributed by atoms with Crippen LogP contribution in [0.1, 0.15) is 17.4 Å². The normalized spacial score (nSPS) is 12.4. The smallest absolute Gasteiger partial charge is 0.223 e. The van der Waals surface area contributed by atoms with E-state index in [4.69, 9.17) is 0 Å². The number of aliphatic hydroxyl groups is 1. The zero-order chi connectivity index (χ0) is 14.9. The van der Waals surface area contributed by atoms with E-state index in [1.165, 1.54) is 29.8 Å². The maximum atomic E-state index is 13.1. The van der Waals surface area contributed by atoms with Crippen LogP contribution in [0.3, 0.4) is 0 Å². The van der Waals surface area contributed by atoms with Crippen LogP contribution in [-0.4, -0.2) is 14.8 Å². The Morgan fingerprint density at radius 1 is 1.25 bits per heavy atom. The number of aromatic hydroxyl groups is 1. The molecule has 106 valence electrons. The summed E-state index contributed by atoms with van der Waals surface area (Å²) < 4.78 is 27.4. The molecular weight excluding hydrogens is 268 g/mol. The highest BCUT2D eigenvalue weighted by Gasteiger charge is 2.13. The fourth-order valence-electron chi connectivity index (χ4n) is 1.87. The summed E-state index contributed by atoms with van der Waals surface area (Å²) in [6.45, 7) is 1.53. The Balaban J connectivity index is 2.27. The fraction of sp³-hybridized carbons (Fsp3) is 0.214. The average molecular weight is 281 g/mol. The largest absolute Gasteiger partial charge is 0.503 e. The van der Waals surface area contributed by atoms with Gasteiger partial charge in [0.1, 0.15) is 0 Å². The number of hydrogen-bond donors (Lipinski definition) is 2. The maximum Gasteiger partial charge on any atom is 0.223 e. The number of benzene rings is 1. The minimum Gasteiger partial charge on any atom is -0.503 e. The molecule has 0 aliphatic carbocycles. The molecule has 0 radical (unpaired) electrons. The second-order valence-electron chi connectivity index (χ2n) is 4.46. The van der Waals surface area contributed by atoms with Crippen molar-refractivity contribution in [2.24, 2.45) is 0 Å². The van der Waals surface area contributed by atoms with Gasteiger partial charge in [0.25, 0.3) is 0 Å². The molecule has 4 nitrogen and oxygen atoms in total. The first-order valence-electron chi connectivity index (χ1n) is 5.92. The standard InChI is InChI=1S/C14H13F2NO3/c1-8-14(20)12(18)4-5-17(8)7-13(19)9-2-3-10(15)11(16)6-9/h2-6,13,19-20H,7H2,1H3/t13-/m1/s1. The first-order valence-corrected chi connectivity index (χ1v) is 5.92. The van der Waals surface area contributed by atoms with Crippen molar-refractivity contribution < 1.29 is 19.0 Å². The lowest BCUT2D eigenvalue weighted by molar-refractivity contribution is 0.154. The van der Waals surface area contributed by atoms with Crippen molar-refractivity contribution in [3.05, 3.63) is 63.6 Å². The lowest BCUT2D eigenvalue weighted by Gasteiger charge is -2.16. The molecule has 1 aromatic carbocycles. The zero-order valence-electron chi connectivity index (χ0n) is 10.7. The first-order chi connectivity index (χ1) is 9.40. The fourth-order valence-corrected chi connectivity index (χ4v) is 1.87. The Hall–Kier alpha value is -2.21. The maximum absolute atomic E-state index is 13.1. The number of aromatic nitrogens is 1. The molecule has 0 saturated carbocycles. The third kappa shape index (κ3) is 2.70. The first kappa shape index (κ1) is 14.2. The monoisotopic (exact) mass is 281 g/mol. The number of halogens is 2. The SMILES string of the molecule is Cc1c(O)c(=O)ccn1C[C@@H](O)c1ccc(F)c(F)c1. The van der Waals surface area contributed by atoms with Crippen molar-refractivity contribution in [2.45, 2.75) is 19.6 Å². The van der Waals surface area contributed by atoms with Gasteiger partial charge < -0.3 is 14.8 Å². The molecule has 0 aliphatic rings. The molecule has 6 heteroatoms. The molecule has 2 aromatic rings. The van der Waals surface area contributed by atoms with Crippen molar-refractivity contribution in [3.8, 4) is 5.75 Å². The molecule has 0 bridgehead atoms. The lowest BCUT2D eigenvalue weighted by atomic mass is 10.1. The zero-order valence-corrected chi connectivity index (χ0v) is 10.7. The Bertz CT molecular complexity index is 697. The Kier molecular flexibility index (Phi) is 3.85. The van der Waals surface area contributed by atoms with Gasteiger partial charge >= 0.3 is 0 Å². The molecule has 0 saturated heterocycles. The van der Waals surface area contributed by atoms with Gasteiger partial charge in [0.15, 0.2) is 17.4 Å². The molecule has 20 heavy (non-hydrogen) atoms. The number of pyridine rings is 1. The molecular formula is C14H13F2NO3. The van der Waals surface area contributed by atoms with Gasteiger partial charge in [0.2, 0.25) is 5.43 Å². The quantitative estimate of drug-likeness (QED) is 0.903. The van der Waals surface area contributed by atoms with Gasteiger partial charge in [-0.3, -0.25) is 4.79 Å². The summed E-state index contributed by atoms with van der Waals surface area (Å²) in [6, 6.07) is 4.29. The number of hydrogen-bond acceptors (Lipinski definition) is 3. The van der Waals surface area contributed by atoms with Crippen molar-refractivity contribution in [2.75, 3.05) is 0 Å². The summed E-state index contributed by atoms with van der Waals surface area (Å²) in [5.41, 5.74) is -0.0123. The van der Waals surface area contributed by atoms with E-state index in [1.807, 2.05) is 0 Å². The van der Waals surface area contributed by atoms with Gasteiger partial charge in [-0.15, -0.1) is 0 Å². The summed E-state index contributed by atoms with van der Waals surface area (Å²) in [5, 5.41) is 19.5. The Morgan fingerprint density at radius 3 is 2.60 bits per heavy atom. The molecule has 2 rings (SSSR count). The average Bonchev–Trinajstić information content (AvgIpc) is 2.42. The molecule has 0 spiro atoms. The summed E-state index contributed by atoms with van der Waals surface area (Å²) in [6.07, 6.45) is 0.325. The highest BCUT2D eigenvalue weighted by atomic mass is 19.2. The van der Waals surface area contributed by atoms with E-state index in [0.717, 1.165) is 12.1 Å².